The van der Waals surface area contributed by atoms with E-state index in [0.29, 0.717) is 23.9 Å². The maximum Gasteiger partial charge on any atom is 0.387 e. The van der Waals surface area contributed by atoms with Crippen LogP contribution in [-0.4, -0.2) is 37.1 Å². The van der Waals surface area contributed by atoms with Crippen molar-refractivity contribution in [1.82, 2.24) is 10.2 Å². The molecule has 0 bridgehead atoms. The Bertz CT molecular complexity index is 825. The van der Waals surface area contributed by atoms with E-state index in [1.807, 2.05) is 17.0 Å². The molecule has 0 radical (unpaired) electrons. The number of hydrogen-bond donors (Lipinski definition) is 1. The van der Waals surface area contributed by atoms with Crippen LogP contribution in [0.15, 0.2) is 48.5 Å². The van der Waals surface area contributed by atoms with Crippen LogP contribution in [0.1, 0.15) is 27.5 Å². The van der Waals surface area contributed by atoms with Crippen molar-refractivity contribution in [3.05, 3.63) is 65.2 Å². The lowest BCUT2D eigenvalue weighted by molar-refractivity contribution is -0.0498. The quantitative estimate of drug-likeness (QED) is 0.891. The highest BCUT2D eigenvalue weighted by Crippen LogP contribution is 2.44. The number of nitrogens with one attached hydrogen (secondary N) is 1. The molecule has 0 aromatic heterocycles. The van der Waals surface area contributed by atoms with Gasteiger partial charge in [-0.3, -0.25) is 4.79 Å². The Kier molecular flexibility index (Phi) is 4.83. The monoisotopic (exact) mass is 372 g/mol. The van der Waals surface area contributed by atoms with Gasteiger partial charge in [0.25, 0.3) is 5.91 Å². The molecule has 4 nitrogen and oxygen atoms in total. The molecule has 0 aliphatic carbocycles. The number of likely N-dealkylation sites (tertiary alicyclic amines) is 1. The molecule has 0 unspecified atom stereocenters. The minimum Gasteiger partial charge on any atom is -0.435 e. The molecule has 2 aromatic rings. The molecule has 1 N–H and O–H groups in total. The molecule has 2 heterocycles. The number of carbonyl (C=O) groups excluding carboxylic acids is 1. The Labute approximate surface area is 157 Å². The fourth-order valence-corrected chi connectivity index (χ4v) is 4.39. The second-order valence-corrected chi connectivity index (χ2v) is 7.24. The molecule has 3 atom stereocenters. The summed E-state index contributed by atoms with van der Waals surface area (Å²) in [6, 6.07) is 14.2. The average Bonchev–Trinajstić information content (AvgIpc) is 3.23. The third-order valence-electron chi connectivity index (χ3n) is 5.66. The van der Waals surface area contributed by atoms with Crippen molar-refractivity contribution in [2.75, 3.05) is 19.6 Å². The van der Waals surface area contributed by atoms with E-state index in [4.69, 9.17) is 0 Å². The van der Waals surface area contributed by atoms with Gasteiger partial charge in [0, 0.05) is 31.1 Å². The van der Waals surface area contributed by atoms with E-state index in [-0.39, 0.29) is 17.7 Å². The van der Waals surface area contributed by atoms with Gasteiger partial charge in [0.1, 0.15) is 5.75 Å². The summed E-state index contributed by atoms with van der Waals surface area (Å²) < 4.78 is 29.0. The molecule has 4 rings (SSSR count). The Morgan fingerprint density at radius 3 is 2.59 bits per heavy atom. The van der Waals surface area contributed by atoms with Crippen LogP contribution < -0.4 is 10.1 Å². The van der Waals surface area contributed by atoms with Crippen molar-refractivity contribution in [3.8, 4) is 5.75 Å². The lowest BCUT2D eigenvalue weighted by Crippen LogP contribution is -2.35. The van der Waals surface area contributed by atoms with E-state index in [0.717, 1.165) is 13.1 Å². The number of alkyl halides is 2. The lowest BCUT2D eigenvalue weighted by Gasteiger charge is -2.29. The number of nitrogens with zero attached hydrogens (tertiary/aromatic N) is 1. The number of hydrogen-bond acceptors (Lipinski definition) is 3. The van der Waals surface area contributed by atoms with Gasteiger partial charge in [-0.25, -0.2) is 0 Å². The zero-order valence-electron chi connectivity index (χ0n) is 15.1. The van der Waals surface area contributed by atoms with Gasteiger partial charge in [-0.15, -0.1) is 0 Å². The number of rotatable bonds is 4. The first kappa shape index (κ1) is 17.9. The Balaban J connectivity index is 1.63. The first-order valence-electron chi connectivity index (χ1n) is 9.16. The molecule has 2 fully saturated rings. The molecule has 2 aliphatic rings. The van der Waals surface area contributed by atoms with Crippen LogP contribution in [0.3, 0.4) is 0 Å². The molecular weight excluding hydrogens is 350 g/mol. The summed E-state index contributed by atoms with van der Waals surface area (Å²) in [7, 11) is 0. The Morgan fingerprint density at radius 2 is 1.89 bits per heavy atom. The first-order chi connectivity index (χ1) is 13.0. The van der Waals surface area contributed by atoms with E-state index in [1.54, 1.807) is 12.1 Å². The largest absolute Gasteiger partial charge is 0.435 e. The first-order valence-corrected chi connectivity index (χ1v) is 9.16. The second-order valence-electron chi connectivity index (χ2n) is 7.24. The lowest BCUT2D eigenvalue weighted by atomic mass is 9.87. The number of ether oxygens (including phenoxy) is 1. The van der Waals surface area contributed by atoms with Crippen LogP contribution in [-0.2, 0) is 0 Å². The summed E-state index contributed by atoms with van der Waals surface area (Å²) >= 11 is 0. The molecule has 27 heavy (non-hydrogen) atoms. The normalized spacial score (nSPS) is 24.3. The van der Waals surface area contributed by atoms with Gasteiger partial charge in [-0.05, 0) is 48.2 Å². The van der Waals surface area contributed by atoms with Gasteiger partial charge in [-0.2, -0.15) is 8.78 Å². The Hall–Kier alpha value is -2.47. The van der Waals surface area contributed by atoms with Gasteiger partial charge in [0.05, 0.1) is 6.04 Å². The van der Waals surface area contributed by atoms with Crippen LogP contribution in [0, 0.1) is 18.8 Å². The number of benzene rings is 2. The zero-order valence-corrected chi connectivity index (χ0v) is 15.1. The molecule has 2 saturated heterocycles. The topological polar surface area (TPSA) is 41.6 Å². The minimum absolute atomic E-state index is 0.0238. The van der Waals surface area contributed by atoms with Gasteiger partial charge in [0.15, 0.2) is 0 Å². The van der Waals surface area contributed by atoms with Crippen molar-refractivity contribution in [1.29, 1.82) is 0 Å². The third kappa shape index (κ3) is 3.41. The summed E-state index contributed by atoms with van der Waals surface area (Å²) in [6.07, 6.45) is 0. The van der Waals surface area contributed by atoms with E-state index in [2.05, 4.69) is 29.1 Å². The van der Waals surface area contributed by atoms with Crippen LogP contribution in [0.5, 0.6) is 5.75 Å². The highest BCUT2D eigenvalue weighted by Gasteiger charge is 2.47. The fourth-order valence-electron chi connectivity index (χ4n) is 4.39. The summed E-state index contributed by atoms with van der Waals surface area (Å²) in [5.41, 5.74) is 2.84. The van der Waals surface area contributed by atoms with Crippen molar-refractivity contribution in [3.63, 3.8) is 0 Å². The van der Waals surface area contributed by atoms with E-state index < -0.39 is 6.61 Å². The number of amides is 1. The molecule has 142 valence electrons. The number of halogens is 2. The maximum atomic E-state index is 13.2. The van der Waals surface area contributed by atoms with Crippen molar-refractivity contribution >= 4 is 5.91 Å². The molecule has 1 amide bonds. The second kappa shape index (κ2) is 7.27. The van der Waals surface area contributed by atoms with Crippen molar-refractivity contribution in [2.45, 2.75) is 19.6 Å². The molecule has 6 heteroatoms. The minimum atomic E-state index is -2.87. The number of aryl methyl sites for hydroxylation is 1. The molecule has 0 saturated carbocycles. The van der Waals surface area contributed by atoms with Gasteiger partial charge < -0.3 is 15.0 Å². The summed E-state index contributed by atoms with van der Waals surface area (Å²) in [4.78, 5) is 15.2. The highest BCUT2D eigenvalue weighted by molar-refractivity contribution is 5.95. The van der Waals surface area contributed by atoms with Crippen LogP contribution in [0.4, 0.5) is 8.78 Å². The smallest absolute Gasteiger partial charge is 0.387 e. The van der Waals surface area contributed by atoms with E-state index in [1.165, 1.54) is 23.3 Å². The van der Waals surface area contributed by atoms with Gasteiger partial charge >= 0.3 is 6.61 Å². The predicted octanol–water partition coefficient (Wildman–Crippen LogP) is 3.63. The summed E-state index contributed by atoms with van der Waals surface area (Å²) in [5, 5.41) is 3.44. The number of fused-ring (bicyclic) bond motifs is 1. The predicted molar refractivity (Wildman–Crippen MR) is 97.9 cm³/mol. The molecule has 2 aromatic carbocycles. The van der Waals surface area contributed by atoms with Crippen LogP contribution >= 0.6 is 0 Å². The molecule has 2 aliphatic heterocycles. The summed E-state index contributed by atoms with van der Waals surface area (Å²) in [5.74, 6) is 0.803. The third-order valence-corrected chi connectivity index (χ3v) is 5.66. The van der Waals surface area contributed by atoms with E-state index >= 15 is 0 Å². The van der Waals surface area contributed by atoms with Gasteiger partial charge in [0.2, 0.25) is 0 Å². The highest BCUT2D eigenvalue weighted by atomic mass is 19.3. The Morgan fingerprint density at radius 1 is 1.15 bits per heavy atom. The maximum absolute atomic E-state index is 13.2. The standard InChI is InChI=1S/C21H22F2N2O2/c1-13-4-2-3-5-17(13)19-18-11-24-10-15(18)12-25(19)20(26)14-6-8-16(9-7-14)27-21(22)23/h2-9,15,18-19,21,24H,10-12H2,1H3/t15-,18-,19-/m0/s1. The molecular formula is C21H22F2N2O2. The van der Waals surface area contributed by atoms with Crippen LogP contribution in [0.2, 0.25) is 0 Å². The molecule has 0 spiro atoms. The van der Waals surface area contributed by atoms with Crippen molar-refractivity contribution < 1.29 is 18.3 Å². The van der Waals surface area contributed by atoms with Crippen molar-refractivity contribution in [2.24, 2.45) is 11.8 Å². The zero-order chi connectivity index (χ0) is 19.0. The fraction of sp³-hybridized carbons (Fsp3) is 0.381. The van der Waals surface area contributed by atoms with E-state index in [9.17, 15) is 13.6 Å². The SMILES string of the molecule is Cc1ccccc1[C@H]1[C@H]2CNC[C@H]2CN1C(=O)c1ccc(OC(F)F)cc1. The number of carbonyl (C=O) groups is 1. The van der Waals surface area contributed by atoms with Crippen LogP contribution in [0.25, 0.3) is 0 Å². The average molecular weight is 372 g/mol. The van der Waals surface area contributed by atoms with Gasteiger partial charge in [-0.1, -0.05) is 24.3 Å². The summed E-state index contributed by atoms with van der Waals surface area (Å²) in [6.45, 7) is 1.71.